The largest absolute Gasteiger partial charge is 0.469 e. The van der Waals surface area contributed by atoms with Gasteiger partial charge >= 0.3 is 6.03 Å². The number of carbonyl (C=O) groups is 2. The molecule has 130 valence electrons. The Hall–Kier alpha value is -2.83. The van der Waals surface area contributed by atoms with Crippen LogP contribution in [-0.2, 0) is 0 Å². The lowest BCUT2D eigenvalue weighted by Crippen LogP contribution is -2.30. The maximum absolute atomic E-state index is 14.2. The molecule has 3 heterocycles. The second-order valence-electron chi connectivity index (χ2n) is 6.30. The number of benzene rings is 1. The first kappa shape index (κ1) is 15.7. The maximum Gasteiger partial charge on any atom is 0.321 e. The van der Waals surface area contributed by atoms with Crippen LogP contribution in [0.2, 0.25) is 0 Å². The number of rotatable bonds is 3. The molecule has 2 aliphatic rings. The van der Waals surface area contributed by atoms with E-state index in [0.29, 0.717) is 31.9 Å². The van der Waals surface area contributed by atoms with Crippen molar-refractivity contribution in [2.45, 2.75) is 12.3 Å². The van der Waals surface area contributed by atoms with Crippen LogP contribution in [0, 0.1) is 5.82 Å². The van der Waals surface area contributed by atoms with Gasteiger partial charge in [-0.05, 0) is 36.8 Å². The quantitative estimate of drug-likeness (QED) is 0.931. The molecule has 0 spiro atoms. The van der Waals surface area contributed by atoms with Gasteiger partial charge in [0.25, 0.3) is 5.91 Å². The Morgan fingerprint density at radius 3 is 2.88 bits per heavy atom. The second-order valence-corrected chi connectivity index (χ2v) is 6.30. The molecule has 2 saturated heterocycles. The number of urea groups is 1. The van der Waals surface area contributed by atoms with Crippen molar-refractivity contribution in [3.05, 3.63) is 53.7 Å². The lowest BCUT2D eigenvalue weighted by molar-refractivity contribution is 0.0785. The SMILES string of the molecule is O=C(c1cc(N2CCNC2=O)ccc1F)N1CC[C@H](c2ccco2)C1. The van der Waals surface area contributed by atoms with Gasteiger partial charge in [-0.15, -0.1) is 0 Å². The van der Waals surface area contributed by atoms with Crippen molar-refractivity contribution in [3.63, 3.8) is 0 Å². The molecular formula is C18H18FN3O3. The van der Waals surface area contributed by atoms with Crippen LogP contribution >= 0.6 is 0 Å². The Kier molecular flexibility index (Phi) is 3.91. The fraction of sp³-hybridized carbons (Fsp3) is 0.333. The maximum atomic E-state index is 14.2. The minimum absolute atomic E-state index is 0.00250. The van der Waals surface area contributed by atoms with Crippen molar-refractivity contribution in [3.8, 4) is 0 Å². The topological polar surface area (TPSA) is 65.8 Å². The third-order valence-electron chi connectivity index (χ3n) is 4.77. The Bertz CT molecular complexity index is 806. The zero-order valence-corrected chi connectivity index (χ0v) is 13.6. The first-order valence-electron chi connectivity index (χ1n) is 8.31. The molecule has 0 saturated carbocycles. The molecule has 4 rings (SSSR count). The van der Waals surface area contributed by atoms with Gasteiger partial charge in [0, 0.05) is 37.8 Å². The van der Waals surface area contributed by atoms with E-state index < -0.39 is 5.82 Å². The van der Waals surface area contributed by atoms with Crippen LogP contribution in [-0.4, -0.2) is 43.0 Å². The summed E-state index contributed by atoms with van der Waals surface area (Å²) in [7, 11) is 0. The molecule has 3 amide bonds. The smallest absolute Gasteiger partial charge is 0.321 e. The summed E-state index contributed by atoms with van der Waals surface area (Å²) in [6.45, 7) is 2.09. The van der Waals surface area contributed by atoms with E-state index in [1.54, 1.807) is 11.2 Å². The van der Waals surface area contributed by atoms with E-state index in [9.17, 15) is 14.0 Å². The van der Waals surface area contributed by atoms with Crippen LogP contribution in [0.3, 0.4) is 0 Å². The number of amides is 3. The number of hydrogen-bond donors (Lipinski definition) is 1. The number of nitrogens with one attached hydrogen (secondary N) is 1. The summed E-state index contributed by atoms with van der Waals surface area (Å²) in [6, 6.07) is 7.71. The van der Waals surface area contributed by atoms with Gasteiger partial charge < -0.3 is 14.6 Å². The molecule has 0 unspecified atom stereocenters. The van der Waals surface area contributed by atoms with E-state index in [2.05, 4.69) is 5.32 Å². The average molecular weight is 343 g/mol. The monoisotopic (exact) mass is 343 g/mol. The number of furan rings is 1. The van der Waals surface area contributed by atoms with Crippen LogP contribution in [0.4, 0.5) is 14.9 Å². The number of anilines is 1. The summed E-state index contributed by atoms with van der Waals surface area (Å²) in [5.41, 5.74) is 0.527. The molecule has 2 aliphatic heterocycles. The normalized spacial score (nSPS) is 20.2. The fourth-order valence-electron chi connectivity index (χ4n) is 3.43. The number of halogens is 1. The van der Waals surface area contributed by atoms with E-state index in [0.717, 1.165) is 12.2 Å². The Morgan fingerprint density at radius 1 is 1.28 bits per heavy atom. The van der Waals surface area contributed by atoms with Gasteiger partial charge in [-0.1, -0.05) is 0 Å². The molecule has 1 atom stereocenters. The van der Waals surface area contributed by atoms with Gasteiger partial charge in [0.2, 0.25) is 0 Å². The molecule has 7 heteroatoms. The Morgan fingerprint density at radius 2 is 2.16 bits per heavy atom. The van der Waals surface area contributed by atoms with Crippen LogP contribution in [0.15, 0.2) is 41.0 Å². The minimum atomic E-state index is -0.574. The zero-order valence-electron chi connectivity index (χ0n) is 13.6. The molecule has 0 aliphatic carbocycles. The van der Waals surface area contributed by atoms with Crippen LogP contribution in [0.25, 0.3) is 0 Å². The summed E-state index contributed by atoms with van der Waals surface area (Å²) in [5, 5.41) is 2.70. The van der Waals surface area contributed by atoms with Gasteiger partial charge in [-0.2, -0.15) is 0 Å². The molecule has 1 aromatic carbocycles. The average Bonchev–Trinajstić information content (AvgIpc) is 3.35. The molecule has 2 aromatic rings. The molecule has 0 radical (unpaired) electrons. The highest BCUT2D eigenvalue weighted by atomic mass is 19.1. The first-order chi connectivity index (χ1) is 12.1. The van der Waals surface area contributed by atoms with Gasteiger partial charge in [0.15, 0.2) is 0 Å². The Labute approximate surface area is 144 Å². The number of hydrogen-bond acceptors (Lipinski definition) is 3. The fourth-order valence-corrected chi connectivity index (χ4v) is 3.43. The third-order valence-corrected chi connectivity index (χ3v) is 4.77. The zero-order chi connectivity index (χ0) is 17.4. The van der Waals surface area contributed by atoms with E-state index in [4.69, 9.17) is 4.42 Å². The molecule has 6 nitrogen and oxygen atoms in total. The van der Waals surface area contributed by atoms with Crippen molar-refractivity contribution < 1.29 is 18.4 Å². The summed E-state index contributed by atoms with van der Waals surface area (Å²) in [5.74, 6) is 0.0515. The van der Waals surface area contributed by atoms with Crippen molar-refractivity contribution in [1.29, 1.82) is 0 Å². The number of carbonyl (C=O) groups excluding carboxylic acids is 2. The van der Waals surface area contributed by atoms with Gasteiger partial charge in [0.1, 0.15) is 11.6 Å². The summed E-state index contributed by atoms with van der Waals surface area (Å²) < 4.78 is 19.7. The predicted molar refractivity (Wildman–Crippen MR) is 89.1 cm³/mol. The predicted octanol–water partition coefficient (Wildman–Crippen LogP) is 2.58. The highest BCUT2D eigenvalue weighted by Crippen LogP contribution is 2.29. The lowest BCUT2D eigenvalue weighted by atomic mass is 10.1. The molecule has 1 aromatic heterocycles. The van der Waals surface area contributed by atoms with E-state index in [-0.39, 0.29) is 23.4 Å². The van der Waals surface area contributed by atoms with Crippen LogP contribution in [0.1, 0.15) is 28.5 Å². The number of likely N-dealkylation sites (tertiary alicyclic amines) is 1. The Balaban J connectivity index is 1.55. The van der Waals surface area contributed by atoms with Crippen molar-refractivity contribution >= 4 is 17.6 Å². The first-order valence-corrected chi connectivity index (χ1v) is 8.31. The standard InChI is InChI=1S/C18H18FN3O3/c19-15-4-3-13(22-8-6-20-18(22)24)10-14(15)17(23)21-7-5-12(11-21)16-2-1-9-25-16/h1-4,9-10,12H,5-8,11H2,(H,20,24)/t12-/m0/s1. The number of nitrogens with zero attached hydrogens (tertiary/aromatic N) is 2. The molecule has 1 N–H and O–H groups in total. The molecule has 2 fully saturated rings. The highest BCUT2D eigenvalue weighted by Gasteiger charge is 2.31. The highest BCUT2D eigenvalue weighted by molar-refractivity contribution is 5.98. The van der Waals surface area contributed by atoms with E-state index in [1.807, 2.05) is 12.1 Å². The van der Waals surface area contributed by atoms with Crippen LogP contribution in [0.5, 0.6) is 0 Å². The molecule has 0 bridgehead atoms. The summed E-state index contributed by atoms with van der Waals surface area (Å²) >= 11 is 0. The minimum Gasteiger partial charge on any atom is -0.469 e. The summed E-state index contributed by atoms with van der Waals surface area (Å²) in [6.07, 6.45) is 2.40. The van der Waals surface area contributed by atoms with Crippen LogP contribution < -0.4 is 10.2 Å². The van der Waals surface area contributed by atoms with Crippen molar-refractivity contribution in [2.24, 2.45) is 0 Å². The van der Waals surface area contributed by atoms with E-state index in [1.165, 1.54) is 23.1 Å². The van der Waals surface area contributed by atoms with Crippen molar-refractivity contribution in [1.82, 2.24) is 10.2 Å². The van der Waals surface area contributed by atoms with E-state index >= 15 is 0 Å². The van der Waals surface area contributed by atoms with Gasteiger partial charge in [-0.25, -0.2) is 9.18 Å². The van der Waals surface area contributed by atoms with Crippen molar-refractivity contribution in [2.75, 3.05) is 31.1 Å². The molecule has 25 heavy (non-hydrogen) atoms. The third kappa shape index (κ3) is 2.86. The lowest BCUT2D eigenvalue weighted by Gasteiger charge is -2.19. The molecular weight excluding hydrogens is 325 g/mol. The summed E-state index contributed by atoms with van der Waals surface area (Å²) in [4.78, 5) is 27.7. The second kappa shape index (κ2) is 6.23. The van der Waals surface area contributed by atoms with Gasteiger partial charge in [-0.3, -0.25) is 9.69 Å². The van der Waals surface area contributed by atoms with Gasteiger partial charge in [0.05, 0.1) is 11.8 Å².